The molecule has 0 aromatic carbocycles. The van der Waals surface area contributed by atoms with Gasteiger partial charge in [-0.2, -0.15) is 0 Å². The highest BCUT2D eigenvalue weighted by Crippen LogP contribution is 2.37. The molecule has 4 heteroatoms. The largest absolute Gasteiger partial charge is 0.351 e. The summed E-state index contributed by atoms with van der Waals surface area (Å²) in [5.74, 6) is 0.575. The molecule has 2 rings (SSSR count). The van der Waals surface area contributed by atoms with Gasteiger partial charge in [0.25, 0.3) is 5.56 Å². The van der Waals surface area contributed by atoms with Crippen molar-refractivity contribution >= 4 is 5.82 Å². The Morgan fingerprint density at radius 2 is 2.25 bits per heavy atom. The first-order chi connectivity index (χ1) is 7.71. The second kappa shape index (κ2) is 4.28. The molecule has 1 N–H and O–H groups in total. The molecule has 0 amide bonds. The molecule has 1 aliphatic heterocycles. The third kappa shape index (κ3) is 1.84. The molecular weight excluding hydrogens is 202 g/mol. The van der Waals surface area contributed by atoms with Gasteiger partial charge in [0, 0.05) is 25.5 Å². The lowest BCUT2D eigenvalue weighted by atomic mass is 9.82. The first-order valence-corrected chi connectivity index (χ1v) is 5.99. The van der Waals surface area contributed by atoms with Gasteiger partial charge in [-0.25, -0.2) is 4.98 Å². The topological polar surface area (TPSA) is 49.0 Å². The second-order valence-electron chi connectivity index (χ2n) is 4.62. The van der Waals surface area contributed by atoms with Gasteiger partial charge in [-0.15, -0.1) is 0 Å². The summed E-state index contributed by atoms with van der Waals surface area (Å²) in [5, 5.41) is 0. The fourth-order valence-corrected chi connectivity index (χ4v) is 2.51. The first kappa shape index (κ1) is 11.2. The van der Waals surface area contributed by atoms with E-state index >= 15 is 0 Å². The van der Waals surface area contributed by atoms with Gasteiger partial charge in [-0.3, -0.25) is 4.79 Å². The van der Waals surface area contributed by atoms with Crippen molar-refractivity contribution in [3.05, 3.63) is 22.7 Å². The smallest absolute Gasteiger partial charge is 0.290 e. The van der Waals surface area contributed by atoms with E-state index in [4.69, 9.17) is 0 Å². The van der Waals surface area contributed by atoms with Crippen molar-refractivity contribution in [2.24, 2.45) is 5.41 Å². The summed E-state index contributed by atoms with van der Waals surface area (Å²) in [6, 6.07) is 0. The second-order valence-corrected chi connectivity index (χ2v) is 4.62. The molecule has 88 valence electrons. The Balaban J connectivity index is 2.21. The number of nitrogens with one attached hydrogen (secondary N) is 1. The minimum Gasteiger partial charge on any atom is -0.351 e. The van der Waals surface area contributed by atoms with Crippen molar-refractivity contribution in [1.82, 2.24) is 9.97 Å². The Kier molecular flexibility index (Phi) is 2.99. The summed E-state index contributed by atoms with van der Waals surface area (Å²) < 4.78 is 0. The highest BCUT2D eigenvalue weighted by Gasteiger charge is 2.36. The maximum absolute atomic E-state index is 11.6. The van der Waals surface area contributed by atoms with Crippen LogP contribution in [0.2, 0.25) is 0 Å². The monoisotopic (exact) mass is 221 g/mol. The summed E-state index contributed by atoms with van der Waals surface area (Å²) in [5.41, 5.74) is 0.301. The number of aromatic nitrogens is 2. The van der Waals surface area contributed by atoms with Crippen LogP contribution < -0.4 is 10.5 Å². The Hall–Kier alpha value is -1.32. The van der Waals surface area contributed by atoms with Gasteiger partial charge in [-0.1, -0.05) is 13.8 Å². The van der Waals surface area contributed by atoms with E-state index in [1.54, 1.807) is 12.4 Å². The Morgan fingerprint density at radius 3 is 2.81 bits per heavy atom. The van der Waals surface area contributed by atoms with Crippen LogP contribution >= 0.6 is 0 Å². The minimum atomic E-state index is -0.0782. The van der Waals surface area contributed by atoms with Crippen LogP contribution in [0.3, 0.4) is 0 Å². The van der Waals surface area contributed by atoms with Crippen LogP contribution in [0.25, 0.3) is 0 Å². The number of H-pyrrole nitrogens is 1. The van der Waals surface area contributed by atoms with Crippen LogP contribution in [0.1, 0.15) is 33.1 Å². The van der Waals surface area contributed by atoms with E-state index in [1.807, 2.05) is 0 Å². The number of anilines is 1. The van der Waals surface area contributed by atoms with Crippen molar-refractivity contribution in [3.63, 3.8) is 0 Å². The standard InChI is InChI=1S/C12H19N3O/c1-3-12(4-2)5-8-15(9-12)10-11(16)14-7-6-13-10/h6-7H,3-5,8-9H2,1-2H3,(H,14,16). The SMILES string of the molecule is CCC1(CC)CCN(c2ncc[nH]c2=O)C1. The van der Waals surface area contributed by atoms with Gasteiger partial charge in [0.05, 0.1) is 0 Å². The van der Waals surface area contributed by atoms with Gasteiger partial charge in [0.2, 0.25) is 0 Å². The van der Waals surface area contributed by atoms with Crippen LogP contribution in [-0.4, -0.2) is 23.1 Å². The van der Waals surface area contributed by atoms with E-state index in [-0.39, 0.29) is 5.56 Å². The minimum absolute atomic E-state index is 0.0782. The van der Waals surface area contributed by atoms with E-state index in [0.717, 1.165) is 19.5 Å². The highest BCUT2D eigenvalue weighted by molar-refractivity contribution is 5.37. The number of nitrogens with zero attached hydrogens (tertiary/aromatic N) is 2. The highest BCUT2D eigenvalue weighted by atomic mass is 16.1. The summed E-state index contributed by atoms with van der Waals surface area (Å²) in [4.78, 5) is 20.6. The predicted molar refractivity (Wildman–Crippen MR) is 64.7 cm³/mol. The van der Waals surface area contributed by atoms with Gasteiger partial charge in [0.1, 0.15) is 0 Å². The molecule has 16 heavy (non-hydrogen) atoms. The van der Waals surface area contributed by atoms with Crippen molar-refractivity contribution in [2.45, 2.75) is 33.1 Å². The zero-order valence-corrected chi connectivity index (χ0v) is 9.99. The van der Waals surface area contributed by atoms with Gasteiger partial charge in [0.15, 0.2) is 5.82 Å². The normalized spacial score (nSPS) is 19.0. The van der Waals surface area contributed by atoms with Gasteiger partial charge >= 0.3 is 0 Å². The molecule has 0 aliphatic carbocycles. The molecular formula is C12H19N3O. The number of hydrogen-bond donors (Lipinski definition) is 1. The van der Waals surface area contributed by atoms with Crippen LogP contribution in [0.15, 0.2) is 17.2 Å². The fourth-order valence-electron chi connectivity index (χ4n) is 2.51. The predicted octanol–water partition coefficient (Wildman–Crippen LogP) is 1.79. The lowest BCUT2D eigenvalue weighted by molar-refractivity contribution is 0.301. The van der Waals surface area contributed by atoms with Crippen LogP contribution in [0.4, 0.5) is 5.82 Å². The van der Waals surface area contributed by atoms with E-state index in [0.29, 0.717) is 11.2 Å². The molecule has 4 nitrogen and oxygen atoms in total. The summed E-state index contributed by atoms with van der Waals surface area (Å²) >= 11 is 0. The Morgan fingerprint density at radius 1 is 1.50 bits per heavy atom. The third-order valence-corrected chi connectivity index (χ3v) is 3.93. The van der Waals surface area contributed by atoms with Crippen molar-refractivity contribution < 1.29 is 0 Å². The van der Waals surface area contributed by atoms with E-state index in [9.17, 15) is 4.79 Å². The number of rotatable bonds is 3. The molecule has 0 bridgehead atoms. The van der Waals surface area contributed by atoms with Gasteiger partial charge in [-0.05, 0) is 24.7 Å². The van der Waals surface area contributed by atoms with Gasteiger partial charge < -0.3 is 9.88 Å². The summed E-state index contributed by atoms with van der Waals surface area (Å²) in [6.45, 7) is 6.37. The molecule has 1 aromatic heterocycles. The van der Waals surface area contributed by atoms with Crippen LogP contribution in [0.5, 0.6) is 0 Å². The average Bonchev–Trinajstić information content (AvgIpc) is 2.75. The number of aromatic amines is 1. The quantitative estimate of drug-likeness (QED) is 0.846. The van der Waals surface area contributed by atoms with Crippen LogP contribution in [0, 0.1) is 5.41 Å². The van der Waals surface area contributed by atoms with Crippen LogP contribution in [-0.2, 0) is 0 Å². The summed E-state index contributed by atoms with van der Waals surface area (Å²) in [6.07, 6.45) is 6.73. The molecule has 0 radical (unpaired) electrons. The van der Waals surface area contributed by atoms with E-state index < -0.39 is 0 Å². The molecule has 0 spiro atoms. The summed E-state index contributed by atoms with van der Waals surface area (Å²) in [7, 11) is 0. The maximum Gasteiger partial charge on any atom is 0.290 e. The average molecular weight is 221 g/mol. The lowest BCUT2D eigenvalue weighted by Gasteiger charge is -2.26. The number of hydrogen-bond acceptors (Lipinski definition) is 3. The first-order valence-electron chi connectivity index (χ1n) is 5.99. The Labute approximate surface area is 95.7 Å². The molecule has 0 unspecified atom stereocenters. The zero-order chi connectivity index (χ0) is 11.6. The molecule has 1 fully saturated rings. The maximum atomic E-state index is 11.6. The molecule has 0 saturated carbocycles. The van der Waals surface area contributed by atoms with Crippen molar-refractivity contribution in [2.75, 3.05) is 18.0 Å². The molecule has 1 aliphatic rings. The molecule has 0 atom stereocenters. The van der Waals surface area contributed by atoms with Crippen molar-refractivity contribution in [1.29, 1.82) is 0 Å². The molecule has 1 saturated heterocycles. The zero-order valence-electron chi connectivity index (χ0n) is 9.99. The Bertz CT molecular complexity index is 409. The van der Waals surface area contributed by atoms with E-state index in [2.05, 4.69) is 28.7 Å². The third-order valence-electron chi connectivity index (χ3n) is 3.93. The fraction of sp³-hybridized carbons (Fsp3) is 0.667. The van der Waals surface area contributed by atoms with Crippen molar-refractivity contribution in [3.8, 4) is 0 Å². The van der Waals surface area contributed by atoms with E-state index in [1.165, 1.54) is 12.8 Å². The molecule has 2 heterocycles. The molecule has 1 aromatic rings. The lowest BCUT2D eigenvalue weighted by Crippen LogP contribution is -2.31.